The van der Waals surface area contributed by atoms with Crippen LogP contribution in [0.5, 0.6) is 0 Å². The Morgan fingerprint density at radius 2 is 0.763 bits per heavy atom. The van der Waals surface area contributed by atoms with E-state index in [2.05, 4.69) is 0 Å². The van der Waals surface area contributed by atoms with Crippen molar-refractivity contribution in [1.82, 2.24) is 10.0 Å². The third-order valence-corrected chi connectivity index (χ3v) is 5.60. The number of hydrogen-bond donors (Lipinski definition) is 0. The topological polar surface area (TPSA) is 115 Å². The Morgan fingerprint density at radius 1 is 0.474 bits per heavy atom. The third-order valence-electron chi connectivity index (χ3n) is 5.60. The lowest BCUT2D eigenvalue weighted by Crippen LogP contribution is -2.51. The molecule has 0 atom stereocenters. The van der Waals surface area contributed by atoms with Crippen molar-refractivity contribution in [1.29, 1.82) is 0 Å². The van der Waals surface area contributed by atoms with E-state index in [1.54, 1.807) is 60.7 Å². The van der Waals surface area contributed by atoms with E-state index in [9.17, 15) is 28.8 Å². The van der Waals surface area contributed by atoms with Gasteiger partial charge in [0.2, 0.25) is 35.4 Å². The maximum atomic E-state index is 13.0. The first-order valence-corrected chi connectivity index (χ1v) is 12.4. The van der Waals surface area contributed by atoms with E-state index in [1.807, 2.05) is 0 Å². The first-order valence-electron chi connectivity index (χ1n) is 12.4. The molecule has 2 rings (SSSR count). The number of hydrogen-bond acceptors (Lipinski definition) is 6. The lowest BCUT2D eigenvalue weighted by atomic mass is 10.1. The third kappa shape index (κ3) is 8.09. The lowest BCUT2D eigenvalue weighted by molar-refractivity contribution is -0.147. The summed E-state index contributed by atoms with van der Waals surface area (Å²) in [6.07, 6.45) is 2.40. The van der Waals surface area contributed by atoms with Gasteiger partial charge < -0.3 is 0 Å². The molecule has 6 amide bonds. The van der Waals surface area contributed by atoms with Gasteiger partial charge in [-0.05, 0) is 37.1 Å². The van der Waals surface area contributed by atoms with Gasteiger partial charge in [-0.15, -0.1) is 0 Å². The van der Waals surface area contributed by atoms with Crippen LogP contribution in [0.4, 0.5) is 11.4 Å². The van der Waals surface area contributed by atoms with Gasteiger partial charge in [-0.2, -0.15) is 10.0 Å². The van der Waals surface area contributed by atoms with Crippen LogP contribution in [0.3, 0.4) is 0 Å². The summed E-state index contributed by atoms with van der Waals surface area (Å²) in [5.41, 5.74) is 0.824. The van der Waals surface area contributed by atoms with Gasteiger partial charge in [0, 0.05) is 40.5 Å². The van der Waals surface area contributed by atoms with Gasteiger partial charge in [0.25, 0.3) is 0 Å². The van der Waals surface area contributed by atoms with Crippen molar-refractivity contribution in [2.24, 2.45) is 0 Å². The lowest BCUT2D eigenvalue weighted by Gasteiger charge is -2.32. The van der Waals surface area contributed by atoms with E-state index in [-0.39, 0.29) is 12.8 Å². The molecular weight excluding hydrogens is 488 g/mol. The number of hydrazine groups is 2. The van der Waals surface area contributed by atoms with Crippen molar-refractivity contribution in [2.45, 2.75) is 66.2 Å². The van der Waals surface area contributed by atoms with Gasteiger partial charge in [0.05, 0.1) is 11.4 Å². The van der Waals surface area contributed by atoms with Crippen LogP contribution in [-0.4, -0.2) is 45.5 Å². The molecule has 0 aliphatic heterocycles. The van der Waals surface area contributed by atoms with Crippen molar-refractivity contribution in [3.8, 4) is 0 Å². The van der Waals surface area contributed by atoms with Gasteiger partial charge in [0.15, 0.2) is 0 Å². The maximum absolute atomic E-state index is 13.0. The zero-order valence-corrected chi connectivity index (χ0v) is 22.3. The van der Waals surface area contributed by atoms with Gasteiger partial charge in [-0.1, -0.05) is 49.2 Å². The van der Waals surface area contributed by atoms with Gasteiger partial charge in [-0.3, -0.25) is 28.8 Å². The van der Waals surface area contributed by atoms with Crippen molar-refractivity contribution >= 4 is 46.8 Å². The molecule has 0 fully saturated rings. The summed E-state index contributed by atoms with van der Waals surface area (Å²) in [6.45, 7) is 4.89. The molecule has 0 radical (unpaired) electrons. The number of anilines is 2. The summed E-state index contributed by atoms with van der Waals surface area (Å²) in [7, 11) is 0. The van der Waals surface area contributed by atoms with Crippen LogP contribution in [0.2, 0.25) is 0 Å². The Labute approximate surface area is 222 Å². The molecule has 0 saturated heterocycles. The monoisotopic (exact) mass is 522 g/mol. The average Bonchev–Trinajstić information content (AvgIpc) is 2.87. The van der Waals surface area contributed by atoms with Crippen LogP contribution in [0.25, 0.3) is 0 Å². The fourth-order valence-electron chi connectivity index (χ4n) is 4.00. The summed E-state index contributed by atoms with van der Waals surface area (Å²) in [4.78, 5) is 74.5. The smallest absolute Gasteiger partial charge is 0.246 e. The number of carbonyl (C=O) groups excluding carboxylic acids is 6. The minimum Gasteiger partial charge on any atom is -0.273 e. The van der Waals surface area contributed by atoms with E-state index in [4.69, 9.17) is 0 Å². The molecule has 0 aromatic heterocycles. The summed E-state index contributed by atoms with van der Waals surface area (Å²) in [6, 6.07) is 17.0. The second-order valence-corrected chi connectivity index (χ2v) is 8.70. The molecule has 10 nitrogen and oxygen atoms in total. The molecular formula is C28H34N4O6. The number of rotatable bonds is 9. The summed E-state index contributed by atoms with van der Waals surface area (Å²) < 4.78 is 0. The fraction of sp³-hybridized carbons (Fsp3) is 0.357. The van der Waals surface area contributed by atoms with E-state index in [0.717, 1.165) is 20.0 Å². The maximum Gasteiger partial charge on any atom is 0.246 e. The Balaban J connectivity index is 1.97. The Bertz CT molecular complexity index is 1030. The highest BCUT2D eigenvalue weighted by atomic mass is 16.2. The minimum absolute atomic E-state index is 0.0957. The first kappa shape index (κ1) is 29.9. The molecule has 0 saturated carbocycles. The molecule has 0 aliphatic rings. The van der Waals surface area contributed by atoms with E-state index >= 15 is 0 Å². The number of benzene rings is 2. The Hall–Kier alpha value is -4.34. The normalized spacial score (nSPS) is 10.3. The molecule has 2 aromatic rings. The van der Waals surface area contributed by atoms with E-state index < -0.39 is 35.4 Å². The molecule has 2 aromatic carbocycles. The molecule has 0 aliphatic carbocycles. The molecule has 0 unspecified atom stereocenters. The SMILES string of the molecule is CC(=O)N(C(C)=O)N(C(=O)CCCCCCC(=O)N(c1ccccc1)N(C(C)=O)C(C)=O)c1ccccc1. The zero-order chi connectivity index (χ0) is 28.2. The van der Waals surface area contributed by atoms with Crippen LogP contribution in [-0.2, 0) is 28.8 Å². The Morgan fingerprint density at radius 3 is 1.03 bits per heavy atom. The Kier molecular flexibility index (Phi) is 11.3. The first-order chi connectivity index (χ1) is 18.1. The molecule has 0 heterocycles. The quantitative estimate of drug-likeness (QED) is 0.363. The number of unbranched alkanes of at least 4 members (excludes halogenated alkanes) is 3. The standard InChI is InChI=1S/C28H34N4O6/c1-21(33)29(22(2)34)31(25-15-9-7-10-16-25)27(37)19-13-5-6-14-20-28(38)32(26-17-11-8-12-18-26)30(23(3)35)24(4)36/h7-12,15-18H,5-6,13-14,19-20H2,1-4H3. The van der Waals surface area contributed by atoms with Gasteiger partial charge in [-0.25, -0.2) is 10.0 Å². The van der Waals surface area contributed by atoms with Crippen molar-refractivity contribution in [3.05, 3.63) is 60.7 Å². The van der Waals surface area contributed by atoms with Crippen LogP contribution in [0, 0.1) is 0 Å². The van der Waals surface area contributed by atoms with Crippen LogP contribution in [0.15, 0.2) is 60.7 Å². The molecule has 0 spiro atoms. The number of imide groups is 2. The second kappa shape index (κ2) is 14.4. The predicted octanol–water partition coefficient (Wildman–Crippen LogP) is 4.01. The number of amides is 6. The number of nitrogens with zero attached hydrogens (tertiary/aromatic N) is 4. The highest BCUT2D eigenvalue weighted by Crippen LogP contribution is 2.21. The number of para-hydroxylation sites is 2. The highest BCUT2D eigenvalue weighted by molar-refractivity contribution is 6.04. The molecule has 10 heteroatoms. The highest BCUT2D eigenvalue weighted by Gasteiger charge is 2.29. The van der Waals surface area contributed by atoms with Crippen molar-refractivity contribution in [2.75, 3.05) is 10.0 Å². The molecule has 38 heavy (non-hydrogen) atoms. The average molecular weight is 523 g/mol. The summed E-state index contributed by atoms with van der Waals surface area (Å²) in [5.74, 6) is -3.07. The zero-order valence-electron chi connectivity index (χ0n) is 22.3. The van der Waals surface area contributed by atoms with Crippen molar-refractivity contribution < 1.29 is 28.8 Å². The van der Waals surface area contributed by atoms with Crippen LogP contribution >= 0.6 is 0 Å². The largest absolute Gasteiger partial charge is 0.273 e. The minimum atomic E-state index is -0.568. The number of carbonyl (C=O) groups is 6. The fourth-order valence-corrected chi connectivity index (χ4v) is 4.00. The summed E-state index contributed by atoms with van der Waals surface area (Å²) >= 11 is 0. The summed E-state index contributed by atoms with van der Waals surface area (Å²) in [5, 5.41) is 3.85. The van der Waals surface area contributed by atoms with Gasteiger partial charge in [0.1, 0.15) is 0 Å². The van der Waals surface area contributed by atoms with Crippen molar-refractivity contribution in [3.63, 3.8) is 0 Å². The molecule has 0 bridgehead atoms. The van der Waals surface area contributed by atoms with E-state index in [1.165, 1.54) is 27.7 Å². The molecule has 0 N–H and O–H groups in total. The van der Waals surface area contributed by atoms with E-state index in [0.29, 0.717) is 37.1 Å². The van der Waals surface area contributed by atoms with Crippen LogP contribution < -0.4 is 10.0 Å². The predicted molar refractivity (Wildman–Crippen MR) is 142 cm³/mol. The van der Waals surface area contributed by atoms with Gasteiger partial charge >= 0.3 is 0 Å². The molecule has 202 valence electrons. The van der Waals surface area contributed by atoms with Crippen LogP contribution in [0.1, 0.15) is 66.2 Å². The second-order valence-electron chi connectivity index (χ2n) is 8.70.